The maximum atomic E-state index is 11.7. The number of carbonyl (C=O) groups is 1. The Labute approximate surface area is 176 Å². The lowest BCUT2D eigenvalue weighted by molar-refractivity contribution is -0.384. The van der Waals surface area contributed by atoms with Gasteiger partial charge in [0.2, 0.25) is 16.7 Å². The Bertz CT molecular complexity index is 1080. The van der Waals surface area contributed by atoms with Crippen LogP contribution in [0.1, 0.15) is 36.2 Å². The first-order valence-electron chi connectivity index (χ1n) is 9.70. The number of nitro benzene ring substituents is 1. The van der Waals surface area contributed by atoms with Crippen LogP contribution in [0.3, 0.4) is 0 Å². The number of hydrogen-bond donors (Lipinski definition) is 1. The number of piperazine rings is 1. The van der Waals surface area contributed by atoms with E-state index in [9.17, 15) is 20.0 Å². The second kappa shape index (κ2) is 8.00. The van der Waals surface area contributed by atoms with Gasteiger partial charge in [-0.25, -0.2) is 4.98 Å². The van der Waals surface area contributed by atoms with E-state index in [1.54, 1.807) is 24.0 Å². The summed E-state index contributed by atoms with van der Waals surface area (Å²) in [5, 5.41) is 26.3. The van der Waals surface area contributed by atoms with Crippen LogP contribution in [0.4, 0.5) is 5.69 Å². The summed E-state index contributed by atoms with van der Waals surface area (Å²) in [6.45, 7) is 5.91. The number of thiazole rings is 1. The topological polar surface area (TPSA) is 117 Å². The first-order chi connectivity index (χ1) is 14.4. The van der Waals surface area contributed by atoms with Crippen LogP contribution in [0.2, 0.25) is 0 Å². The van der Waals surface area contributed by atoms with Gasteiger partial charge < -0.3 is 10.0 Å². The van der Waals surface area contributed by atoms with Gasteiger partial charge in [0.15, 0.2) is 5.82 Å². The van der Waals surface area contributed by atoms with Gasteiger partial charge in [0.05, 0.1) is 15.8 Å². The molecule has 0 aliphatic carbocycles. The van der Waals surface area contributed by atoms with Gasteiger partial charge in [-0.05, 0) is 5.56 Å². The number of aryl methyl sites for hydroxylation is 1. The van der Waals surface area contributed by atoms with E-state index in [2.05, 4.69) is 15.0 Å². The molecule has 1 unspecified atom stereocenters. The number of hydrogen-bond acceptors (Lipinski definition) is 8. The minimum Gasteiger partial charge on any atom is -0.492 e. The molecule has 0 radical (unpaired) electrons. The fraction of sp³-hybridized carbons (Fsp3) is 0.421. The smallest absolute Gasteiger partial charge is 0.269 e. The molecule has 0 bridgehead atoms. The first-order valence-corrected chi connectivity index (χ1v) is 10.5. The molecule has 3 aromatic rings. The highest BCUT2D eigenvalue weighted by Crippen LogP contribution is 2.40. The highest BCUT2D eigenvalue weighted by molar-refractivity contribution is 7.17. The van der Waals surface area contributed by atoms with Crippen LogP contribution >= 0.6 is 11.3 Å². The monoisotopic (exact) mass is 430 g/mol. The van der Waals surface area contributed by atoms with E-state index in [1.807, 2.05) is 6.92 Å². The molecule has 1 fully saturated rings. The summed E-state index contributed by atoms with van der Waals surface area (Å²) < 4.78 is 1.45. The molecular formula is C19H22N6O4S. The van der Waals surface area contributed by atoms with Crippen LogP contribution in [-0.2, 0) is 11.2 Å². The maximum Gasteiger partial charge on any atom is 0.269 e. The molecule has 0 saturated carbocycles. The third-order valence-corrected chi connectivity index (χ3v) is 6.43. The van der Waals surface area contributed by atoms with E-state index in [0.29, 0.717) is 48.3 Å². The van der Waals surface area contributed by atoms with Crippen molar-refractivity contribution < 1.29 is 14.8 Å². The fourth-order valence-corrected chi connectivity index (χ4v) is 4.86. The van der Waals surface area contributed by atoms with Crippen molar-refractivity contribution >= 4 is 27.9 Å². The standard InChI is InChI=1S/C19H22N6O4S/c1-3-15-20-19-24(21-15)18(27)17(30-19)16(13-4-6-14(7-5-13)25(28)29)23-10-8-22(9-11-23)12(2)26/h4-7,16,27H,3,8-11H2,1-2H3. The molecule has 1 aromatic carbocycles. The van der Waals surface area contributed by atoms with Crippen molar-refractivity contribution in [2.24, 2.45) is 0 Å². The minimum absolute atomic E-state index is 0.0124. The molecular weight excluding hydrogens is 408 g/mol. The predicted molar refractivity (Wildman–Crippen MR) is 111 cm³/mol. The Morgan fingerprint density at radius 3 is 2.47 bits per heavy atom. The van der Waals surface area contributed by atoms with Crippen LogP contribution in [0.5, 0.6) is 5.88 Å². The van der Waals surface area contributed by atoms with Crippen LogP contribution in [0.15, 0.2) is 24.3 Å². The number of aromatic hydroxyl groups is 1. The highest BCUT2D eigenvalue weighted by atomic mass is 32.1. The summed E-state index contributed by atoms with van der Waals surface area (Å²) in [5.74, 6) is 0.722. The molecule has 1 aliphatic rings. The summed E-state index contributed by atoms with van der Waals surface area (Å²) in [4.78, 5) is 32.0. The quantitative estimate of drug-likeness (QED) is 0.487. The zero-order valence-electron chi connectivity index (χ0n) is 16.7. The SMILES string of the molecule is CCc1nc2sc(C(c3ccc([N+](=O)[O-])cc3)N3CCN(C(C)=O)CC3)c(O)n2n1. The molecule has 158 valence electrons. The van der Waals surface area contributed by atoms with Crippen LogP contribution in [-0.4, -0.2) is 66.5 Å². The Morgan fingerprint density at radius 2 is 1.93 bits per heavy atom. The number of nitro groups is 1. The van der Waals surface area contributed by atoms with E-state index < -0.39 is 4.92 Å². The van der Waals surface area contributed by atoms with Gasteiger partial charge in [-0.1, -0.05) is 30.4 Å². The van der Waals surface area contributed by atoms with Gasteiger partial charge >= 0.3 is 0 Å². The molecule has 1 saturated heterocycles. The summed E-state index contributed by atoms with van der Waals surface area (Å²) in [5.41, 5.74) is 0.839. The van der Waals surface area contributed by atoms with Gasteiger partial charge in [-0.2, -0.15) is 4.52 Å². The average Bonchev–Trinajstić information content (AvgIpc) is 3.28. The van der Waals surface area contributed by atoms with Gasteiger partial charge in [0.1, 0.15) is 0 Å². The number of carbonyl (C=O) groups excluding carboxylic acids is 1. The van der Waals surface area contributed by atoms with Crippen molar-refractivity contribution in [3.05, 3.63) is 50.6 Å². The summed E-state index contributed by atoms with van der Waals surface area (Å²) >= 11 is 1.36. The Balaban J connectivity index is 1.74. The average molecular weight is 430 g/mol. The molecule has 10 nitrogen and oxygen atoms in total. The fourth-order valence-electron chi connectivity index (χ4n) is 3.72. The summed E-state index contributed by atoms with van der Waals surface area (Å²) in [6.07, 6.45) is 0.669. The molecule has 4 rings (SSSR count). The molecule has 30 heavy (non-hydrogen) atoms. The van der Waals surface area contributed by atoms with Crippen molar-refractivity contribution in [3.63, 3.8) is 0 Å². The van der Waals surface area contributed by atoms with Crippen LogP contribution in [0.25, 0.3) is 4.96 Å². The lowest BCUT2D eigenvalue weighted by atomic mass is 10.0. The zero-order chi connectivity index (χ0) is 21.4. The predicted octanol–water partition coefficient (Wildman–Crippen LogP) is 2.22. The maximum absolute atomic E-state index is 11.7. The van der Waals surface area contributed by atoms with E-state index in [0.717, 1.165) is 5.56 Å². The third-order valence-electron chi connectivity index (χ3n) is 5.35. The molecule has 0 spiro atoms. The number of nitrogens with zero attached hydrogens (tertiary/aromatic N) is 6. The van der Waals surface area contributed by atoms with Gasteiger partial charge in [-0.3, -0.25) is 19.8 Å². The number of fused-ring (bicyclic) bond motifs is 1. The van der Waals surface area contributed by atoms with Gasteiger partial charge in [0, 0.05) is 51.7 Å². The molecule has 1 atom stereocenters. The van der Waals surface area contributed by atoms with Crippen molar-refractivity contribution in [3.8, 4) is 5.88 Å². The van der Waals surface area contributed by atoms with Crippen molar-refractivity contribution in [1.82, 2.24) is 24.4 Å². The van der Waals surface area contributed by atoms with E-state index >= 15 is 0 Å². The van der Waals surface area contributed by atoms with Crippen molar-refractivity contribution in [2.75, 3.05) is 26.2 Å². The minimum atomic E-state index is -0.433. The van der Waals surface area contributed by atoms with Crippen molar-refractivity contribution in [2.45, 2.75) is 26.3 Å². The van der Waals surface area contributed by atoms with Crippen molar-refractivity contribution in [1.29, 1.82) is 0 Å². The largest absolute Gasteiger partial charge is 0.492 e. The molecule has 1 aliphatic heterocycles. The Morgan fingerprint density at radius 1 is 1.27 bits per heavy atom. The van der Waals surface area contributed by atoms with E-state index in [-0.39, 0.29) is 23.5 Å². The summed E-state index contributed by atoms with van der Waals surface area (Å²) in [6, 6.07) is 6.05. The number of benzene rings is 1. The summed E-state index contributed by atoms with van der Waals surface area (Å²) in [7, 11) is 0. The number of aromatic nitrogens is 3. The van der Waals surface area contributed by atoms with Gasteiger partial charge in [0.25, 0.3) is 5.69 Å². The zero-order valence-corrected chi connectivity index (χ0v) is 17.5. The van der Waals surface area contributed by atoms with Crippen LogP contribution in [0, 0.1) is 10.1 Å². The molecule has 2 aromatic heterocycles. The molecule has 1 amide bonds. The highest BCUT2D eigenvalue weighted by Gasteiger charge is 2.32. The Hall–Kier alpha value is -3.05. The van der Waals surface area contributed by atoms with Gasteiger partial charge in [-0.15, -0.1) is 5.10 Å². The second-order valence-corrected chi connectivity index (χ2v) is 8.17. The lowest BCUT2D eigenvalue weighted by Crippen LogP contribution is -2.49. The van der Waals surface area contributed by atoms with E-state index in [1.165, 1.54) is 28.0 Å². The Kier molecular flexibility index (Phi) is 5.39. The lowest BCUT2D eigenvalue weighted by Gasteiger charge is -2.38. The van der Waals surface area contributed by atoms with E-state index in [4.69, 9.17) is 0 Å². The normalized spacial score (nSPS) is 16.1. The number of amides is 1. The number of rotatable bonds is 5. The molecule has 1 N–H and O–H groups in total. The van der Waals surface area contributed by atoms with Crippen LogP contribution < -0.4 is 0 Å². The second-order valence-electron chi connectivity index (χ2n) is 7.16. The third kappa shape index (κ3) is 3.61. The number of non-ortho nitro benzene ring substituents is 1. The molecule has 11 heteroatoms. The first kappa shape index (κ1) is 20.2. The molecule has 3 heterocycles.